The molecule has 0 spiro atoms. The van der Waals surface area contributed by atoms with Gasteiger partial charge in [0.1, 0.15) is 11.6 Å². The third kappa shape index (κ3) is 4.83. The van der Waals surface area contributed by atoms with Gasteiger partial charge in [-0.3, -0.25) is 4.79 Å². The van der Waals surface area contributed by atoms with Gasteiger partial charge in [-0.1, -0.05) is 41.7 Å². The summed E-state index contributed by atoms with van der Waals surface area (Å²) in [4.78, 5) is 29.1. The van der Waals surface area contributed by atoms with Gasteiger partial charge < -0.3 is 15.5 Å². The normalized spacial score (nSPS) is 14.7. The van der Waals surface area contributed by atoms with Gasteiger partial charge in [0.15, 0.2) is 5.13 Å². The minimum absolute atomic E-state index is 0.154. The molecule has 1 fully saturated rings. The number of hydrogen-bond acceptors (Lipinski definition) is 7. The van der Waals surface area contributed by atoms with Crippen LogP contribution in [0.1, 0.15) is 30.3 Å². The zero-order chi connectivity index (χ0) is 20.9. The van der Waals surface area contributed by atoms with Gasteiger partial charge in [-0.05, 0) is 32.4 Å². The van der Waals surface area contributed by atoms with Crippen molar-refractivity contribution in [1.29, 1.82) is 0 Å². The summed E-state index contributed by atoms with van der Waals surface area (Å²) in [6.45, 7) is 3.87. The molecule has 2 aromatic heterocycles. The molecule has 0 radical (unpaired) electrons. The topological polar surface area (TPSA) is 83.0 Å². The summed E-state index contributed by atoms with van der Waals surface area (Å²) in [5.41, 5.74) is 2.08. The second-order valence-electron chi connectivity index (χ2n) is 7.46. The van der Waals surface area contributed by atoms with E-state index in [2.05, 4.69) is 32.7 Å². The first kappa shape index (κ1) is 20.4. The van der Waals surface area contributed by atoms with Crippen molar-refractivity contribution >= 4 is 28.2 Å². The van der Waals surface area contributed by atoms with Gasteiger partial charge in [0.2, 0.25) is 5.91 Å². The smallest absolute Gasteiger partial charge is 0.236 e. The van der Waals surface area contributed by atoms with Crippen molar-refractivity contribution < 1.29 is 4.79 Å². The first-order chi connectivity index (χ1) is 14.6. The van der Waals surface area contributed by atoms with Crippen LogP contribution in [0.25, 0.3) is 10.4 Å². The lowest BCUT2D eigenvalue weighted by molar-refractivity contribution is -0.131. The van der Waals surface area contributed by atoms with Crippen LogP contribution in [0.5, 0.6) is 0 Å². The van der Waals surface area contributed by atoms with E-state index in [9.17, 15) is 4.79 Å². The number of amides is 1. The van der Waals surface area contributed by atoms with E-state index in [0.29, 0.717) is 6.54 Å². The number of benzene rings is 1. The van der Waals surface area contributed by atoms with E-state index < -0.39 is 0 Å². The van der Waals surface area contributed by atoms with E-state index in [4.69, 9.17) is 4.98 Å². The lowest BCUT2D eigenvalue weighted by atomic mass is 9.95. The second-order valence-corrected chi connectivity index (χ2v) is 8.49. The van der Waals surface area contributed by atoms with Crippen LogP contribution in [0, 0.1) is 6.92 Å². The number of carbonyl (C=O) groups is 1. The van der Waals surface area contributed by atoms with E-state index in [0.717, 1.165) is 58.8 Å². The Hall–Kier alpha value is -2.84. The van der Waals surface area contributed by atoms with Crippen molar-refractivity contribution in [2.24, 2.45) is 0 Å². The highest BCUT2D eigenvalue weighted by molar-refractivity contribution is 7.18. The molecule has 3 aromatic rings. The van der Waals surface area contributed by atoms with Crippen molar-refractivity contribution in [3.05, 3.63) is 54.1 Å². The number of aryl methyl sites for hydroxylation is 1. The van der Waals surface area contributed by atoms with Gasteiger partial charge in [-0.2, -0.15) is 0 Å². The van der Waals surface area contributed by atoms with Crippen LogP contribution >= 0.6 is 11.3 Å². The zero-order valence-corrected chi connectivity index (χ0v) is 18.1. The van der Waals surface area contributed by atoms with Gasteiger partial charge in [0.05, 0.1) is 11.4 Å². The van der Waals surface area contributed by atoms with Crippen molar-refractivity contribution in [2.75, 3.05) is 32.0 Å². The van der Waals surface area contributed by atoms with Crippen molar-refractivity contribution in [1.82, 2.24) is 25.2 Å². The molecule has 0 atom stereocenters. The van der Waals surface area contributed by atoms with E-state index in [-0.39, 0.29) is 11.8 Å². The largest absolute Gasteiger partial charge is 0.342 e. The molecule has 0 unspecified atom stereocenters. The molecule has 7 nitrogen and oxygen atoms in total. The Morgan fingerprint density at radius 1 is 1.20 bits per heavy atom. The quantitative estimate of drug-likeness (QED) is 0.632. The number of carbonyl (C=O) groups excluding carboxylic acids is 1. The zero-order valence-electron chi connectivity index (χ0n) is 17.3. The molecule has 2 N–H and O–H groups in total. The third-order valence-electron chi connectivity index (χ3n) is 5.21. The number of nitrogens with one attached hydrogen (secondary N) is 2. The fourth-order valence-electron chi connectivity index (χ4n) is 3.67. The maximum absolute atomic E-state index is 12.1. The molecular weight excluding hydrogens is 396 g/mol. The van der Waals surface area contributed by atoms with Crippen molar-refractivity contribution in [3.63, 3.8) is 0 Å². The number of piperidine rings is 1. The molecule has 0 bridgehead atoms. The summed E-state index contributed by atoms with van der Waals surface area (Å²) < 4.78 is 0. The summed E-state index contributed by atoms with van der Waals surface area (Å²) in [5, 5.41) is 7.08. The second kappa shape index (κ2) is 9.32. The summed E-state index contributed by atoms with van der Waals surface area (Å²) in [5.74, 6) is 2.03. The van der Waals surface area contributed by atoms with Gasteiger partial charge in [-0.15, -0.1) is 0 Å². The van der Waals surface area contributed by atoms with Crippen LogP contribution in [0.15, 0.2) is 42.6 Å². The maximum Gasteiger partial charge on any atom is 0.236 e. The fourth-order valence-corrected chi connectivity index (χ4v) is 4.49. The van der Waals surface area contributed by atoms with E-state index in [1.54, 1.807) is 18.4 Å². The highest BCUT2D eigenvalue weighted by atomic mass is 32.1. The molecule has 0 saturated carbocycles. The molecule has 30 heavy (non-hydrogen) atoms. The monoisotopic (exact) mass is 422 g/mol. The number of aromatic nitrogens is 3. The first-order valence-corrected chi connectivity index (χ1v) is 11.0. The number of hydrogen-bond donors (Lipinski definition) is 2. The van der Waals surface area contributed by atoms with E-state index >= 15 is 0 Å². The summed E-state index contributed by atoms with van der Waals surface area (Å²) >= 11 is 1.60. The Labute approximate surface area is 180 Å². The predicted octanol–water partition coefficient (Wildman–Crippen LogP) is 3.58. The molecule has 1 aliphatic heterocycles. The Morgan fingerprint density at radius 3 is 2.70 bits per heavy atom. The number of thiazole rings is 1. The maximum atomic E-state index is 12.1. The number of likely N-dealkylation sites (tertiary alicyclic amines) is 1. The van der Waals surface area contributed by atoms with Crippen LogP contribution in [0.4, 0.5) is 10.9 Å². The van der Waals surface area contributed by atoms with Crippen LogP contribution < -0.4 is 10.6 Å². The molecule has 156 valence electrons. The Kier molecular flexibility index (Phi) is 6.35. The van der Waals surface area contributed by atoms with Gasteiger partial charge in [0, 0.05) is 37.0 Å². The highest BCUT2D eigenvalue weighted by Gasteiger charge is 2.25. The van der Waals surface area contributed by atoms with Crippen LogP contribution in [0.3, 0.4) is 0 Å². The Bertz CT molecular complexity index is 998. The Morgan fingerprint density at radius 2 is 1.97 bits per heavy atom. The summed E-state index contributed by atoms with van der Waals surface area (Å²) in [6.07, 6.45) is 3.65. The lowest BCUT2D eigenvalue weighted by Gasteiger charge is -2.31. The molecule has 1 aromatic carbocycles. The minimum Gasteiger partial charge on any atom is -0.342 e. The Balaban J connectivity index is 1.44. The molecule has 3 heterocycles. The predicted molar refractivity (Wildman–Crippen MR) is 120 cm³/mol. The number of rotatable bonds is 6. The minimum atomic E-state index is 0.154. The van der Waals surface area contributed by atoms with Crippen LogP contribution in [0.2, 0.25) is 0 Å². The summed E-state index contributed by atoms with van der Waals surface area (Å²) in [6, 6.07) is 12.2. The molecule has 8 heteroatoms. The van der Waals surface area contributed by atoms with E-state index in [1.165, 1.54) is 0 Å². The average Bonchev–Trinajstić information content (AvgIpc) is 3.23. The molecule has 1 amide bonds. The third-order valence-corrected chi connectivity index (χ3v) is 6.17. The van der Waals surface area contributed by atoms with Gasteiger partial charge in [0.25, 0.3) is 0 Å². The SMILES string of the molecule is CNCC(=O)N1CCC(c2nc(C)cc(Nc3ncc(-c4ccccc4)s3)n2)CC1. The first-order valence-electron chi connectivity index (χ1n) is 10.2. The fraction of sp³-hybridized carbons (Fsp3) is 0.364. The van der Waals surface area contributed by atoms with Crippen LogP contribution in [-0.4, -0.2) is 52.4 Å². The van der Waals surface area contributed by atoms with Gasteiger partial charge in [-0.25, -0.2) is 15.0 Å². The summed E-state index contributed by atoms with van der Waals surface area (Å²) in [7, 11) is 1.80. The molecule has 1 saturated heterocycles. The lowest BCUT2D eigenvalue weighted by Crippen LogP contribution is -2.42. The van der Waals surface area contributed by atoms with Crippen LogP contribution in [-0.2, 0) is 4.79 Å². The standard InChI is InChI=1S/C22H26N6OS/c1-15-12-19(27-22-24-13-18(30-22)16-6-4-3-5-7-16)26-21(25-15)17-8-10-28(11-9-17)20(29)14-23-2/h3-7,12-13,17,23H,8-11,14H2,1-2H3,(H,24,25,26,27). The molecular formula is C22H26N6OS. The highest BCUT2D eigenvalue weighted by Crippen LogP contribution is 2.31. The van der Waals surface area contributed by atoms with Crippen molar-refractivity contribution in [2.45, 2.75) is 25.7 Å². The van der Waals surface area contributed by atoms with Crippen molar-refractivity contribution in [3.8, 4) is 10.4 Å². The van der Waals surface area contributed by atoms with E-state index in [1.807, 2.05) is 42.3 Å². The number of nitrogens with zero attached hydrogens (tertiary/aromatic N) is 4. The number of anilines is 2. The average molecular weight is 423 g/mol. The molecule has 0 aliphatic carbocycles. The number of likely N-dealkylation sites (N-methyl/N-ethyl adjacent to an activating group) is 1. The molecule has 4 rings (SSSR count). The van der Waals surface area contributed by atoms with Gasteiger partial charge >= 0.3 is 0 Å². The molecule has 1 aliphatic rings.